The minimum atomic E-state index is 0. The molecule has 0 aliphatic carbocycles. The van der Waals surface area contributed by atoms with E-state index < -0.39 is 0 Å². The molecule has 2 aliphatic rings. The van der Waals surface area contributed by atoms with E-state index in [9.17, 15) is 0 Å². The number of guanidine groups is 1. The first-order valence-electron chi connectivity index (χ1n) is 11.1. The first-order valence-corrected chi connectivity index (χ1v) is 11.1. The van der Waals surface area contributed by atoms with Crippen molar-refractivity contribution in [2.24, 2.45) is 4.99 Å². The molecule has 7 heteroatoms. The molecule has 1 aromatic heterocycles. The van der Waals surface area contributed by atoms with Crippen LogP contribution in [0.15, 0.2) is 41.5 Å². The molecule has 0 atom stereocenters. The van der Waals surface area contributed by atoms with Crippen molar-refractivity contribution in [3.05, 3.63) is 53.2 Å². The Morgan fingerprint density at radius 2 is 1.71 bits per heavy atom. The molecular weight excluding hydrogens is 499 g/mol. The van der Waals surface area contributed by atoms with Crippen LogP contribution in [0.25, 0.3) is 0 Å². The third-order valence-corrected chi connectivity index (χ3v) is 6.40. The molecule has 0 amide bonds. The fourth-order valence-electron chi connectivity index (χ4n) is 4.41. The summed E-state index contributed by atoms with van der Waals surface area (Å²) >= 11 is 0. The van der Waals surface area contributed by atoms with E-state index in [0.717, 1.165) is 57.6 Å². The van der Waals surface area contributed by atoms with Gasteiger partial charge in [0.25, 0.3) is 0 Å². The minimum absolute atomic E-state index is 0. The lowest BCUT2D eigenvalue weighted by molar-refractivity contribution is 0.372. The Hall–Kier alpha value is -2.03. The molecule has 1 N–H and O–H groups in total. The summed E-state index contributed by atoms with van der Waals surface area (Å²) in [7, 11) is 1.87. The van der Waals surface area contributed by atoms with Gasteiger partial charge in [-0.1, -0.05) is 18.2 Å². The molecule has 0 spiro atoms. The maximum atomic E-state index is 4.66. The zero-order valence-corrected chi connectivity index (χ0v) is 21.3. The molecule has 2 aliphatic heterocycles. The summed E-state index contributed by atoms with van der Waals surface area (Å²) in [5, 5.41) is 3.52. The highest BCUT2D eigenvalue weighted by atomic mass is 127. The largest absolute Gasteiger partial charge is 0.368 e. The van der Waals surface area contributed by atoms with Crippen LogP contribution in [-0.2, 0) is 6.54 Å². The third kappa shape index (κ3) is 5.61. The molecule has 6 nitrogen and oxygen atoms in total. The SMILES string of the molecule is CN=C(NCc1ccc(N2CCCC2)nc1)N1CCN(c2cccc(C)c2C)CC1.I. The third-order valence-electron chi connectivity index (χ3n) is 6.40. The van der Waals surface area contributed by atoms with Gasteiger partial charge in [0.05, 0.1) is 0 Å². The number of piperazine rings is 1. The first-order chi connectivity index (χ1) is 14.7. The van der Waals surface area contributed by atoms with Crippen molar-refractivity contribution in [2.45, 2.75) is 33.2 Å². The van der Waals surface area contributed by atoms with Gasteiger partial charge in [0, 0.05) is 64.7 Å². The topological polar surface area (TPSA) is 47.0 Å². The Balaban J connectivity index is 0.00000272. The molecular formula is C24H35IN6. The summed E-state index contributed by atoms with van der Waals surface area (Å²) < 4.78 is 0. The van der Waals surface area contributed by atoms with E-state index in [0.29, 0.717) is 0 Å². The summed E-state index contributed by atoms with van der Waals surface area (Å²) in [4.78, 5) is 16.4. The Morgan fingerprint density at radius 3 is 2.35 bits per heavy atom. The van der Waals surface area contributed by atoms with Gasteiger partial charge >= 0.3 is 0 Å². The number of aryl methyl sites for hydroxylation is 1. The highest BCUT2D eigenvalue weighted by Crippen LogP contribution is 2.24. The number of rotatable bonds is 4. The molecule has 0 bridgehead atoms. The summed E-state index contributed by atoms with van der Waals surface area (Å²) in [5.41, 5.74) is 5.30. The molecule has 2 saturated heterocycles. The second-order valence-electron chi connectivity index (χ2n) is 8.31. The number of hydrogen-bond acceptors (Lipinski definition) is 4. The summed E-state index contributed by atoms with van der Waals surface area (Å²) in [6, 6.07) is 10.9. The summed E-state index contributed by atoms with van der Waals surface area (Å²) in [6.45, 7) is 11.4. The average molecular weight is 534 g/mol. The van der Waals surface area contributed by atoms with Crippen molar-refractivity contribution < 1.29 is 0 Å². The number of nitrogens with one attached hydrogen (secondary N) is 1. The molecule has 2 fully saturated rings. The van der Waals surface area contributed by atoms with E-state index in [1.54, 1.807) is 0 Å². The maximum Gasteiger partial charge on any atom is 0.194 e. The zero-order valence-electron chi connectivity index (χ0n) is 19.0. The highest BCUT2D eigenvalue weighted by molar-refractivity contribution is 14.0. The van der Waals surface area contributed by atoms with Gasteiger partial charge in [0.15, 0.2) is 5.96 Å². The van der Waals surface area contributed by atoms with Crippen molar-refractivity contribution in [1.29, 1.82) is 0 Å². The van der Waals surface area contributed by atoms with Gasteiger partial charge in [-0.25, -0.2) is 4.98 Å². The van der Waals surface area contributed by atoms with Crippen LogP contribution in [0.3, 0.4) is 0 Å². The van der Waals surface area contributed by atoms with Gasteiger partial charge in [-0.2, -0.15) is 0 Å². The van der Waals surface area contributed by atoms with E-state index in [1.807, 2.05) is 13.2 Å². The Labute approximate surface area is 203 Å². The molecule has 0 radical (unpaired) electrons. The molecule has 3 heterocycles. The van der Waals surface area contributed by atoms with Crippen molar-refractivity contribution in [3.8, 4) is 0 Å². The highest BCUT2D eigenvalue weighted by Gasteiger charge is 2.21. The van der Waals surface area contributed by atoms with Crippen LogP contribution >= 0.6 is 24.0 Å². The molecule has 4 rings (SSSR count). The van der Waals surface area contributed by atoms with Crippen molar-refractivity contribution in [2.75, 3.05) is 56.1 Å². The molecule has 1 aromatic carbocycles. The number of anilines is 2. The molecule has 168 valence electrons. The van der Waals surface area contributed by atoms with E-state index in [4.69, 9.17) is 0 Å². The van der Waals surface area contributed by atoms with E-state index in [2.05, 4.69) is 74.2 Å². The number of halogens is 1. The normalized spacial score (nSPS) is 17.0. The fraction of sp³-hybridized carbons (Fsp3) is 0.500. The summed E-state index contributed by atoms with van der Waals surface area (Å²) in [5.74, 6) is 2.07. The van der Waals surface area contributed by atoms with E-state index in [-0.39, 0.29) is 24.0 Å². The van der Waals surface area contributed by atoms with Crippen LogP contribution in [0, 0.1) is 13.8 Å². The number of aromatic nitrogens is 1. The summed E-state index contributed by atoms with van der Waals surface area (Å²) in [6.07, 6.45) is 4.54. The van der Waals surface area contributed by atoms with Gasteiger partial charge in [0.2, 0.25) is 0 Å². The van der Waals surface area contributed by atoms with Gasteiger partial charge in [-0.15, -0.1) is 24.0 Å². The van der Waals surface area contributed by atoms with E-state index >= 15 is 0 Å². The minimum Gasteiger partial charge on any atom is -0.368 e. The quantitative estimate of drug-likeness (QED) is 0.368. The van der Waals surface area contributed by atoms with Crippen LogP contribution in [0.4, 0.5) is 11.5 Å². The van der Waals surface area contributed by atoms with Crippen LogP contribution in [0.1, 0.15) is 29.5 Å². The second-order valence-corrected chi connectivity index (χ2v) is 8.31. The lowest BCUT2D eigenvalue weighted by Crippen LogP contribution is -2.52. The molecule has 0 unspecified atom stereocenters. The monoisotopic (exact) mass is 534 g/mol. The lowest BCUT2D eigenvalue weighted by Gasteiger charge is -2.38. The van der Waals surface area contributed by atoms with Crippen molar-refractivity contribution in [1.82, 2.24) is 15.2 Å². The zero-order chi connectivity index (χ0) is 20.9. The Bertz CT molecular complexity index is 868. The number of aliphatic imine (C=N–C) groups is 1. The number of pyridine rings is 1. The van der Waals surface area contributed by atoms with Crippen molar-refractivity contribution in [3.63, 3.8) is 0 Å². The van der Waals surface area contributed by atoms with Gasteiger partial charge < -0.3 is 20.0 Å². The van der Waals surface area contributed by atoms with E-state index in [1.165, 1.54) is 35.2 Å². The standard InChI is InChI=1S/C24H34N6.HI/c1-19-7-6-8-22(20(19)2)28-13-15-30(16-14-28)24(25-3)27-18-21-9-10-23(26-17-21)29-11-4-5-12-29;/h6-10,17H,4-5,11-16,18H2,1-3H3,(H,25,27);1H. The van der Waals surface area contributed by atoms with Gasteiger partial charge in [-0.05, 0) is 55.5 Å². The van der Waals surface area contributed by atoms with Crippen LogP contribution in [-0.4, -0.2) is 62.2 Å². The van der Waals surface area contributed by atoms with Crippen LogP contribution in [0.2, 0.25) is 0 Å². The van der Waals surface area contributed by atoms with Crippen LogP contribution in [0.5, 0.6) is 0 Å². The van der Waals surface area contributed by atoms with Gasteiger partial charge in [0.1, 0.15) is 5.82 Å². The second kappa shape index (κ2) is 11.0. The molecule has 2 aromatic rings. The Kier molecular flexibility index (Phi) is 8.40. The van der Waals surface area contributed by atoms with Crippen molar-refractivity contribution >= 4 is 41.4 Å². The molecule has 0 saturated carbocycles. The fourth-order valence-corrected chi connectivity index (χ4v) is 4.41. The average Bonchev–Trinajstić information content (AvgIpc) is 3.32. The number of benzene rings is 1. The molecule has 31 heavy (non-hydrogen) atoms. The maximum absolute atomic E-state index is 4.66. The van der Waals surface area contributed by atoms with Gasteiger partial charge in [-0.3, -0.25) is 4.99 Å². The predicted molar refractivity (Wildman–Crippen MR) is 141 cm³/mol. The Morgan fingerprint density at radius 1 is 0.968 bits per heavy atom. The predicted octanol–water partition coefficient (Wildman–Crippen LogP) is 3.81. The number of nitrogens with zero attached hydrogens (tertiary/aromatic N) is 5. The smallest absolute Gasteiger partial charge is 0.194 e. The first kappa shape index (κ1) is 23.6. The number of hydrogen-bond donors (Lipinski definition) is 1. The lowest BCUT2D eigenvalue weighted by atomic mass is 10.1. The van der Waals surface area contributed by atoms with Crippen LogP contribution < -0.4 is 15.1 Å².